The highest BCUT2D eigenvalue weighted by Crippen LogP contribution is 2.30. The molecule has 3 heteroatoms. The van der Waals surface area contributed by atoms with Gasteiger partial charge in [-0.2, -0.15) is 0 Å². The molecule has 0 saturated carbocycles. The lowest BCUT2D eigenvalue weighted by Gasteiger charge is -2.16. The number of pyridine rings is 1. The van der Waals surface area contributed by atoms with Crippen LogP contribution in [0.2, 0.25) is 5.02 Å². The van der Waals surface area contributed by atoms with Gasteiger partial charge in [0.1, 0.15) is 5.82 Å². The van der Waals surface area contributed by atoms with E-state index < -0.39 is 0 Å². The fraction of sp³-hybridized carbons (Fsp3) is 0.250. The van der Waals surface area contributed by atoms with Crippen LogP contribution in [0.15, 0.2) is 24.3 Å². The maximum Gasteiger partial charge on any atom is 0.133 e. The van der Waals surface area contributed by atoms with E-state index in [1.54, 1.807) is 0 Å². The average Bonchev–Trinajstić information content (AvgIpc) is 2.23. The lowest BCUT2D eigenvalue weighted by atomic mass is 10.1. The normalized spacial score (nSPS) is 10.7. The predicted molar refractivity (Wildman–Crippen MR) is 65.8 cm³/mol. The van der Waals surface area contributed by atoms with Crippen molar-refractivity contribution in [3.63, 3.8) is 0 Å². The standard InChI is InChI=1S/C12H13ClN2/c1-8-11(13)9-6-4-5-7-10(9)14-12(8)15(2)3/h4-7H,1-3H3. The van der Waals surface area contributed by atoms with Crippen molar-refractivity contribution in [2.75, 3.05) is 19.0 Å². The van der Waals surface area contributed by atoms with Gasteiger partial charge in [0.15, 0.2) is 0 Å². The monoisotopic (exact) mass is 220 g/mol. The van der Waals surface area contributed by atoms with Gasteiger partial charge in [0, 0.05) is 25.0 Å². The van der Waals surface area contributed by atoms with Crippen LogP contribution >= 0.6 is 11.6 Å². The van der Waals surface area contributed by atoms with Gasteiger partial charge in [0.05, 0.1) is 10.5 Å². The Bertz CT molecular complexity index is 506. The van der Waals surface area contributed by atoms with Gasteiger partial charge in [0.25, 0.3) is 0 Å². The van der Waals surface area contributed by atoms with E-state index in [1.807, 2.05) is 50.2 Å². The van der Waals surface area contributed by atoms with Crippen LogP contribution < -0.4 is 4.90 Å². The van der Waals surface area contributed by atoms with Crippen molar-refractivity contribution in [2.45, 2.75) is 6.92 Å². The molecule has 2 rings (SSSR count). The topological polar surface area (TPSA) is 16.1 Å². The molecule has 2 nitrogen and oxygen atoms in total. The summed E-state index contributed by atoms with van der Waals surface area (Å²) in [7, 11) is 3.95. The fourth-order valence-corrected chi connectivity index (χ4v) is 1.93. The van der Waals surface area contributed by atoms with E-state index in [1.165, 1.54) is 0 Å². The SMILES string of the molecule is Cc1c(N(C)C)nc2ccccc2c1Cl. The van der Waals surface area contributed by atoms with Crippen LogP contribution in [0.5, 0.6) is 0 Å². The van der Waals surface area contributed by atoms with Gasteiger partial charge in [-0.3, -0.25) is 0 Å². The molecule has 0 spiro atoms. The van der Waals surface area contributed by atoms with Gasteiger partial charge in [-0.05, 0) is 13.0 Å². The molecule has 0 amide bonds. The van der Waals surface area contributed by atoms with E-state index in [-0.39, 0.29) is 0 Å². The first kappa shape index (κ1) is 10.2. The molecule has 0 aliphatic heterocycles. The third-order valence-electron chi connectivity index (χ3n) is 2.46. The molecule has 0 fully saturated rings. The number of nitrogens with zero attached hydrogens (tertiary/aromatic N) is 2. The summed E-state index contributed by atoms with van der Waals surface area (Å²) in [4.78, 5) is 6.56. The zero-order valence-corrected chi connectivity index (χ0v) is 9.84. The lowest BCUT2D eigenvalue weighted by molar-refractivity contribution is 1.06. The Kier molecular flexibility index (Phi) is 2.53. The summed E-state index contributed by atoms with van der Waals surface area (Å²) < 4.78 is 0. The summed E-state index contributed by atoms with van der Waals surface area (Å²) in [5, 5.41) is 1.81. The van der Waals surface area contributed by atoms with Crippen molar-refractivity contribution in [3.8, 4) is 0 Å². The van der Waals surface area contributed by atoms with Gasteiger partial charge in [-0.15, -0.1) is 0 Å². The van der Waals surface area contributed by atoms with E-state index in [2.05, 4.69) is 4.98 Å². The third-order valence-corrected chi connectivity index (χ3v) is 2.94. The quantitative estimate of drug-likeness (QED) is 0.734. The Labute approximate surface area is 94.5 Å². The highest BCUT2D eigenvalue weighted by Gasteiger charge is 2.10. The van der Waals surface area contributed by atoms with E-state index in [9.17, 15) is 0 Å². The van der Waals surface area contributed by atoms with Gasteiger partial charge in [-0.1, -0.05) is 29.8 Å². The number of halogens is 1. The average molecular weight is 221 g/mol. The van der Waals surface area contributed by atoms with Gasteiger partial charge < -0.3 is 4.90 Å². The minimum Gasteiger partial charge on any atom is -0.362 e. The van der Waals surface area contributed by atoms with Crippen molar-refractivity contribution in [3.05, 3.63) is 34.9 Å². The summed E-state index contributed by atoms with van der Waals surface area (Å²) in [5.41, 5.74) is 1.97. The number of fused-ring (bicyclic) bond motifs is 1. The summed E-state index contributed by atoms with van der Waals surface area (Å²) in [6.45, 7) is 2.00. The minimum atomic E-state index is 0.796. The van der Waals surface area contributed by atoms with Gasteiger partial charge in [-0.25, -0.2) is 4.98 Å². The highest BCUT2D eigenvalue weighted by atomic mass is 35.5. The molecule has 0 radical (unpaired) electrons. The lowest BCUT2D eigenvalue weighted by Crippen LogP contribution is -2.12. The van der Waals surface area contributed by atoms with E-state index in [0.717, 1.165) is 27.3 Å². The molecule has 1 aromatic heterocycles. The van der Waals surface area contributed by atoms with E-state index >= 15 is 0 Å². The smallest absolute Gasteiger partial charge is 0.133 e. The highest BCUT2D eigenvalue weighted by molar-refractivity contribution is 6.36. The van der Waals surface area contributed by atoms with Gasteiger partial charge in [0.2, 0.25) is 0 Å². The van der Waals surface area contributed by atoms with E-state index in [0.29, 0.717) is 0 Å². The van der Waals surface area contributed by atoms with Crippen molar-refractivity contribution < 1.29 is 0 Å². The number of rotatable bonds is 1. The number of benzene rings is 1. The molecule has 0 unspecified atom stereocenters. The summed E-state index contributed by atoms with van der Waals surface area (Å²) >= 11 is 6.31. The first-order valence-corrected chi connectivity index (χ1v) is 5.21. The van der Waals surface area contributed by atoms with Crippen LogP contribution in [0.25, 0.3) is 10.9 Å². The van der Waals surface area contributed by atoms with Crippen molar-refractivity contribution >= 4 is 28.3 Å². The number of para-hydroxylation sites is 1. The van der Waals surface area contributed by atoms with Crippen molar-refractivity contribution in [1.29, 1.82) is 0 Å². The summed E-state index contributed by atoms with van der Waals surface area (Å²) in [6, 6.07) is 7.93. The summed E-state index contributed by atoms with van der Waals surface area (Å²) in [6.07, 6.45) is 0. The molecular weight excluding hydrogens is 208 g/mol. The Morgan fingerprint density at radius 3 is 2.53 bits per heavy atom. The first-order valence-electron chi connectivity index (χ1n) is 4.83. The minimum absolute atomic E-state index is 0.796. The third kappa shape index (κ3) is 1.65. The zero-order chi connectivity index (χ0) is 11.0. The Hall–Kier alpha value is -1.28. The van der Waals surface area contributed by atoms with E-state index in [4.69, 9.17) is 11.6 Å². The van der Waals surface area contributed by atoms with Crippen LogP contribution in [-0.2, 0) is 0 Å². The van der Waals surface area contributed by atoms with Gasteiger partial charge >= 0.3 is 0 Å². The predicted octanol–water partition coefficient (Wildman–Crippen LogP) is 3.26. The second-order valence-corrected chi connectivity index (χ2v) is 4.16. The molecule has 0 saturated heterocycles. The first-order chi connectivity index (χ1) is 7.11. The van der Waals surface area contributed by atoms with Crippen LogP contribution in [0.3, 0.4) is 0 Å². The molecule has 0 bridgehead atoms. The molecule has 1 heterocycles. The molecule has 15 heavy (non-hydrogen) atoms. The van der Waals surface area contributed by atoms with Crippen molar-refractivity contribution in [2.24, 2.45) is 0 Å². The number of hydrogen-bond acceptors (Lipinski definition) is 2. The van der Waals surface area contributed by atoms with Crippen LogP contribution in [0.4, 0.5) is 5.82 Å². The van der Waals surface area contributed by atoms with Crippen molar-refractivity contribution in [1.82, 2.24) is 4.98 Å². The second-order valence-electron chi connectivity index (χ2n) is 3.79. The number of hydrogen-bond donors (Lipinski definition) is 0. The van der Waals surface area contributed by atoms with Crippen LogP contribution in [-0.4, -0.2) is 19.1 Å². The second kappa shape index (κ2) is 3.70. The maximum absolute atomic E-state index is 6.31. The Morgan fingerprint density at radius 1 is 1.20 bits per heavy atom. The molecule has 2 aromatic rings. The number of aromatic nitrogens is 1. The zero-order valence-electron chi connectivity index (χ0n) is 9.08. The molecule has 78 valence electrons. The summed E-state index contributed by atoms with van der Waals surface area (Å²) in [5.74, 6) is 0.929. The van der Waals surface area contributed by atoms with Crippen LogP contribution in [0, 0.1) is 6.92 Å². The molecule has 0 aliphatic rings. The fourth-order valence-electron chi connectivity index (χ4n) is 1.69. The molecule has 0 aliphatic carbocycles. The Balaban J connectivity index is 2.82. The molecule has 0 N–H and O–H groups in total. The number of anilines is 1. The maximum atomic E-state index is 6.31. The largest absolute Gasteiger partial charge is 0.362 e. The molecule has 1 aromatic carbocycles. The van der Waals surface area contributed by atoms with Crippen LogP contribution in [0.1, 0.15) is 5.56 Å². The molecule has 0 atom stereocenters. The Morgan fingerprint density at radius 2 is 1.87 bits per heavy atom. The molecular formula is C12H13ClN2.